The molecule has 146 valence electrons. The van der Waals surface area contributed by atoms with Crippen molar-refractivity contribution in [2.45, 2.75) is 25.7 Å². The van der Waals surface area contributed by atoms with Gasteiger partial charge in [0.25, 0.3) is 5.56 Å². The van der Waals surface area contributed by atoms with Crippen LogP contribution in [0.2, 0.25) is 5.02 Å². The first-order valence-electron chi connectivity index (χ1n) is 9.40. The molecular weight excluding hydrogens is 391 g/mol. The fraction of sp³-hybridized carbons (Fsp3) is 0.227. The molecule has 0 spiro atoms. The average Bonchev–Trinajstić information content (AvgIpc) is 3.57. The summed E-state index contributed by atoms with van der Waals surface area (Å²) in [4.78, 5) is 17.6. The number of anilines is 1. The van der Waals surface area contributed by atoms with Crippen LogP contribution in [0.5, 0.6) is 0 Å². The molecule has 0 bridgehead atoms. The molecular formula is C22H18ClFN4O. The van der Waals surface area contributed by atoms with Crippen molar-refractivity contribution in [2.24, 2.45) is 0 Å². The van der Waals surface area contributed by atoms with Crippen molar-refractivity contribution in [3.05, 3.63) is 74.8 Å². The van der Waals surface area contributed by atoms with Crippen molar-refractivity contribution in [2.75, 3.05) is 11.9 Å². The third-order valence-corrected chi connectivity index (χ3v) is 5.26. The summed E-state index contributed by atoms with van der Waals surface area (Å²) in [6.07, 6.45) is 2.36. The Kier molecular flexibility index (Phi) is 5.08. The maximum Gasteiger partial charge on any atom is 0.279 e. The molecule has 0 saturated heterocycles. The van der Waals surface area contributed by atoms with Gasteiger partial charge in [-0.15, -0.1) is 0 Å². The molecule has 0 unspecified atom stereocenters. The molecule has 4 rings (SSSR count). The van der Waals surface area contributed by atoms with Crippen LogP contribution < -0.4 is 10.9 Å². The molecule has 0 aliphatic heterocycles. The summed E-state index contributed by atoms with van der Waals surface area (Å²) in [7, 11) is 0. The number of benzene rings is 2. The second-order valence-corrected chi connectivity index (χ2v) is 7.32. The number of halogens is 2. The highest BCUT2D eigenvalue weighted by Gasteiger charge is 2.24. The Balaban J connectivity index is 1.93. The van der Waals surface area contributed by atoms with Crippen LogP contribution in [-0.4, -0.2) is 16.1 Å². The first-order chi connectivity index (χ1) is 14.0. The second-order valence-electron chi connectivity index (χ2n) is 6.94. The topological polar surface area (TPSA) is 70.7 Å². The molecule has 1 aliphatic carbocycles. The Hall–Kier alpha value is -3.17. The van der Waals surface area contributed by atoms with Crippen molar-refractivity contribution in [3.8, 4) is 23.1 Å². The van der Waals surface area contributed by atoms with Crippen LogP contribution in [0, 0.1) is 17.1 Å². The second kappa shape index (κ2) is 7.69. The monoisotopic (exact) mass is 408 g/mol. The van der Waals surface area contributed by atoms with Gasteiger partial charge in [0.15, 0.2) is 5.82 Å². The molecule has 0 amide bonds. The first-order valence-corrected chi connectivity index (χ1v) is 9.78. The van der Waals surface area contributed by atoms with Crippen molar-refractivity contribution < 1.29 is 4.39 Å². The molecule has 1 N–H and O–H groups in total. The van der Waals surface area contributed by atoms with E-state index in [0.29, 0.717) is 23.7 Å². The highest BCUT2D eigenvalue weighted by molar-refractivity contribution is 6.32. The highest BCUT2D eigenvalue weighted by atomic mass is 35.5. The van der Waals surface area contributed by atoms with Gasteiger partial charge in [0.1, 0.15) is 22.7 Å². The zero-order valence-electron chi connectivity index (χ0n) is 15.7. The van der Waals surface area contributed by atoms with Crippen LogP contribution >= 0.6 is 11.6 Å². The quantitative estimate of drug-likeness (QED) is 0.653. The van der Waals surface area contributed by atoms with E-state index in [1.165, 1.54) is 35.1 Å². The molecule has 1 aliphatic rings. The molecule has 1 saturated carbocycles. The van der Waals surface area contributed by atoms with E-state index in [2.05, 4.69) is 10.3 Å². The van der Waals surface area contributed by atoms with Crippen molar-refractivity contribution in [1.82, 2.24) is 9.55 Å². The molecule has 2 aromatic carbocycles. The molecule has 5 nitrogen and oxygen atoms in total. The van der Waals surface area contributed by atoms with Gasteiger partial charge in [-0.05, 0) is 61.6 Å². The van der Waals surface area contributed by atoms with Gasteiger partial charge in [-0.1, -0.05) is 23.7 Å². The van der Waals surface area contributed by atoms with Gasteiger partial charge in [0, 0.05) is 12.1 Å². The summed E-state index contributed by atoms with van der Waals surface area (Å²) in [6.45, 7) is 2.38. The summed E-state index contributed by atoms with van der Waals surface area (Å²) >= 11 is 6.28. The molecule has 7 heteroatoms. The van der Waals surface area contributed by atoms with Gasteiger partial charge in [-0.3, -0.25) is 9.36 Å². The maximum absolute atomic E-state index is 14.3. The van der Waals surface area contributed by atoms with Crippen molar-refractivity contribution in [1.29, 1.82) is 5.26 Å². The number of hydrogen-bond acceptors (Lipinski definition) is 4. The van der Waals surface area contributed by atoms with E-state index in [-0.39, 0.29) is 22.2 Å². The van der Waals surface area contributed by atoms with Crippen LogP contribution in [0.15, 0.2) is 47.3 Å². The number of hydrogen-bond donors (Lipinski definition) is 1. The van der Waals surface area contributed by atoms with Gasteiger partial charge in [-0.25, -0.2) is 9.37 Å². The Morgan fingerprint density at radius 1 is 1.28 bits per heavy atom. The Bertz CT molecular complexity index is 1180. The van der Waals surface area contributed by atoms with Crippen molar-refractivity contribution >= 4 is 17.4 Å². The van der Waals surface area contributed by atoms with Crippen molar-refractivity contribution in [3.63, 3.8) is 0 Å². The molecule has 0 radical (unpaired) electrons. The molecule has 1 aromatic heterocycles. The summed E-state index contributed by atoms with van der Waals surface area (Å²) in [6, 6.07) is 13.6. The van der Waals surface area contributed by atoms with Crippen LogP contribution in [0.25, 0.3) is 17.1 Å². The summed E-state index contributed by atoms with van der Waals surface area (Å²) in [5.41, 5.74) is 1.68. The van der Waals surface area contributed by atoms with E-state index < -0.39 is 11.4 Å². The van der Waals surface area contributed by atoms with Crippen LogP contribution in [-0.2, 0) is 0 Å². The largest absolute Gasteiger partial charge is 0.369 e. The number of rotatable bonds is 5. The SMILES string of the molecule is CCNc1nc(-c2ccc(C#N)c(F)c2)n(-c2ccc(C3CC3)cc2)c(=O)c1Cl. The zero-order chi connectivity index (χ0) is 20.5. The van der Waals surface area contributed by atoms with E-state index >= 15 is 0 Å². The van der Waals surface area contributed by atoms with Crippen LogP contribution in [0.1, 0.15) is 36.8 Å². The minimum Gasteiger partial charge on any atom is -0.369 e. The van der Waals surface area contributed by atoms with Crippen LogP contribution in [0.3, 0.4) is 0 Å². The standard InChI is InChI=1S/C22H18ClFN4O/c1-2-26-20-19(23)22(29)28(17-9-7-14(8-10-17)13-3-4-13)21(27-20)15-5-6-16(12-25)18(24)11-15/h5-11,13,26H,2-4H2,1H3. The lowest BCUT2D eigenvalue weighted by molar-refractivity contribution is 0.624. The normalized spacial score (nSPS) is 13.2. The fourth-order valence-corrected chi connectivity index (χ4v) is 3.47. The van der Waals surface area contributed by atoms with Gasteiger partial charge in [0.2, 0.25) is 0 Å². The molecule has 1 heterocycles. The average molecular weight is 409 g/mol. The number of nitriles is 1. The Morgan fingerprint density at radius 3 is 2.59 bits per heavy atom. The Labute approximate surface area is 172 Å². The third kappa shape index (κ3) is 3.62. The summed E-state index contributed by atoms with van der Waals surface area (Å²) in [5.74, 6) is 0.406. The maximum atomic E-state index is 14.3. The summed E-state index contributed by atoms with van der Waals surface area (Å²) in [5, 5.41) is 11.9. The van der Waals surface area contributed by atoms with E-state index in [9.17, 15) is 9.18 Å². The number of nitrogens with zero attached hydrogens (tertiary/aromatic N) is 3. The number of nitrogens with one attached hydrogen (secondary N) is 1. The van der Waals surface area contributed by atoms with Crippen LogP contribution in [0.4, 0.5) is 10.2 Å². The molecule has 29 heavy (non-hydrogen) atoms. The van der Waals surface area contributed by atoms with Gasteiger partial charge >= 0.3 is 0 Å². The third-order valence-electron chi connectivity index (χ3n) is 4.92. The smallest absolute Gasteiger partial charge is 0.279 e. The van der Waals surface area contributed by atoms with Gasteiger partial charge in [0.05, 0.1) is 11.3 Å². The van der Waals surface area contributed by atoms with E-state index in [1.54, 1.807) is 12.1 Å². The molecule has 1 fully saturated rings. The van der Waals surface area contributed by atoms with E-state index in [0.717, 1.165) is 0 Å². The zero-order valence-corrected chi connectivity index (χ0v) is 16.5. The van der Waals surface area contributed by atoms with Gasteiger partial charge < -0.3 is 5.32 Å². The first kappa shape index (κ1) is 19.2. The highest BCUT2D eigenvalue weighted by Crippen LogP contribution is 2.40. The predicted molar refractivity (Wildman–Crippen MR) is 111 cm³/mol. The molecule has 0 atom stereocenters. The van der Waals surface area contributed by atoms with E-state index in [1.807, 2.05) is 31.2 Å². The predicted octanol–water partition coefficient (Wildman–Crippen LogP) is 4.87. The summed E-state index contributed by atoms with van der Waals surface area (Å²) < 4.78 is 15.6. The number of aromatic nitrogens is 2. The lowest BCUT2D eigenvalue weighted by atomic mass is 10.1. The lowest BCUT2D eigenvalue weighted by Crippen LogP contribution is -2.24. The molecule has 3 aromatic rings. The minimum absolute atomic E-state index is 0.0315. The van der Waals surface area contributed by atoms with Gasteiger partial charge in [-0.2, -0.15) is 5.26 Å². The fourth-order valence-electron chi connectivity index (χ4n) is 3.28. The lowest BCUT2D eigenvalue weighted by Gasteiger charge is -2.16. The van der Waals surface area contributed by atoms with E-state index in [4.69, 9.17) is 16.9 Å². The minimum atomic E-state index is -0.671. The Morgan fingerprint density at radius 2 is 2.00 bits per heavy atom.